The van der Waals surface area contributed by atoms with Crippen molar-refractivity contribution >= 4 is 11.9 Å². The van der Waals surface area contributed by atoms with Crippen LogP contribution in [-0.4, -0.2) is 29.7 Å². The van der Waals surface area contributed by atoms with E-state index >= 15 is 0 Å². The van der Waals surface area contributed by atoms with Crippen molar-refractivity contribution in [1.82, 2.24) is 0 Å². The van der Waals surface area contributed by atoms with E-state index in [1.165, 1.54) is 6.92 Å². The van der Waals surface area contributed by atoms with Crippen molar-refractivity contribution in [2.45, 2.75) is 58.3 Å². The summed E-state index contributed by atoms with van der Waals surface area (Å²) in [6.07, 6.45) is 0.837. The van der Waals surface area contributed by atoms with Gasteiger partial charge in [-0.05, 0) is 33.6 Å². The first-order valence-corrected chi connectivity index (χ1v) is 5.86. The van der Waals surface area contributed by atoms with Crippen LogP contribution in [0.4, 0.5) is 0 Å². The average Bonchev–Trinajstić information content (AvgIpc) is 2.42. The maximum atomic E-state index is 12.0. The smallest absolute Gasteiger partial charge is 0.314 e. The van der Waals surface area contributed by atoms with Crippen molar-refractivity contribution < 1.29 is 19.1 Å². The second kappa shape index (κ2) is 5.04. The second-order valence-electron chi connectivity index (χ2n) is 5.45. The van der Waals surface area contributed by atoms with Gasteiger partial charge in [-0.15, -0.1) is 0 Å². The van der Waals surface area contributed by atoms with Crippen molar-refractivity contribution in [3.63, 3.8) is 0 Å². The van der Waals surface area contributed by atoms with E-state index in [9.17, 15) is 9.59 Å². The quantitative estimate of drug-likeness (QED) is 0.732. The summed E-state index contributed by atoms with van der Waals surface area (Å²) in [6.45, 7) is 6.72. The molecule has 0 aromatic carbocycles. The molecule has 17 heavy (non-hydrogen) atoms. The molecule has 3 atom stereocenters. The van der Waals surface area contributed by atoms with Crippen LogP contribution < -0.4 is 5.73 Å². The standard InChI is InChI=1S/C12H21NO4/c1-7(14)16-9-6-5-8(13)10(9)11(15)17-12(2,3)4/h8-10H,5-6,13H2,1-4H3/t8-,9-,10+/m0/s1. The Labute approximate surface area is 102 Å². The minimum absolute atomic E-state index is 0.297. The predicted octanol–water partition coefficient (Wildman–Crippen LogP) is 0.997. The first-order valence-electron chi connectivity index (χ1n) is 5.86. The molecular weight excluding hydrogens is 222 g/mol. The maximum absolute atomic E-state index is 12.0. The fourth-order valence-corrected chi connectivity index (χ4v) is 2.03. The zero-order chi connectivity index (χ0) is 13.2. The molecule has 0 radical (unpaired) electrons. The SMILES string of the molecule is CC(=O)O[C@H]1CC[C@H](N)[C@H]1C(=O)OC(C)(C)C. The largest absolute Gasteiger partial charge is 0.462 e. The number of hydrogen-bond donors (Lipinski definition) is 1. The van der Waals surface area contributed by atoms with Gasteiger partial charge in [0.15, 0.2) is 0 Å². The van der Waals surface area contributed by atoms with Crippen LogP contribution in [0.3, 0.4) is 0 Å². The molecule has 0 unspecified atom stereocenters. The molecule has 0 bridgehead atoms. The second-order valence-corrected chi connectivity index (χ2v) is 5.45. The zero-order valence-electron chi connectivity index (χ0n) is 10.9. The minimum Gasteiger partial charge on any atom is -0.462 e. The Hall–Kier alpha value is -1.10. The maximum Gasteiger partial charge on any atom is 0.314 e. The van der Waals surface area contributed by atoms with E-state index in [1.807, 2.05) is 0 Å². The Morgan fingerprint density at radius 2 is 1.82 bits per heavy atom. The lowest BCUT2D eigenvalue weighted by atomic mass is 10.0. The van der Waals surface area contributed by atoms with Gasteiger partial charge < -0.3 is 15.2 Å². The van der Waals surface area contributed by atoms with Gasteiger partial charge in [-0.25, -0.2) is 0 Å². The van der Waals surface area contributed by atoms with Crippen molar-refractivity contribution in [3.05, 3.63) is 0 Å². The van der Waals surface area contributed by atoms with Crippen LogP contribution in [0.1, 0.15) is 40.5 Å². The van der Waals surface area contributed by atoms with Gasteiger partial charge in [-0.1, -0.05) is 0 Å². The normalized spacial score (nSPS) is 28.9. The average molecular weight is 243 g/mol. The van der Waals surface area contributed by atoms with Gasteiger partial charge >= 0.3 is 11.9 Å². The first-order chi connectivity index (χ1) is 7.70. The fourth-order valence-electron chi connectivity index (χ4n) is 2.03. The van der Waals surface area contributed by atoms with E-state index < -0.39 is 23.6 Å². The summed E-state index contributed by atoms with van der Waals surface area (Å²) >= 11 is 0. The Balaban J connectivity index is 2.70. The van der Waals surface area contributed by atoms with Crippen LogP contribution in [-0.2, 0) is 19.1 Å². The van der Waals surface area contributed by atoms with Gasteiger partial charge in [0, 0.05) is 13.0 Å². The topological polar surface area (TPSA) is 78.6 Å². The molecule has 0 aliphatic heterocycles. The third-order valence-corrected chi connectivity index (χ3v) is 2.64. The van der Waals surface area contributed by atoms with Crippen LogP contribution in [0.2, 0.25) is 0 Å². The van der Waals surface area contributed by atoms with Gasteiger partial charge in [0.05, 0.1) is 0 Å². The highest BCUT2D eigenvalue weighted by molar-refractivity contribution is 5.76. The molecule has 1 aliphatic carbocycles. The number of ether oxygens (including phenoxy) is 2. The highest BCUT2D eigenvalue weighted by atomic mass is 16.6. The van der Waals surface area contributed by atoms with E-state index in [-0.39, 0.29) is 12.0 Å². The molecule has 1 rings (SSSR count). The van der Waals surface area contributed by atoms with Crippen molar-refractivity contribution in [2.24, 2.45) is 11.7 Å². The molecule has 5 heteroatoms. The minimum atomic E-state index is -0.555. The third-order valence-electron chi connectivity index (χ3n) is 2.64. The summed E-state index contributed by atoms with van der Waals surface area (Å²) in [5.74, 6) is -1.32. The molecule has 1 aliphatic rings. The van der Waals surface area contributed by atoms with Crippen LogP contribution >= 0.6 is 0 Å². The van der Waals surface area contributed by atoms with Crippen LogP contribution in [0, 0.1) is 5.92 Å². The summed E-state index contributed by atoms with van der Waals surface area (Å²) in [6, 6.07) is -0.297. The molecule has 1 saturated carbocycles. The predicted molar refractivity (Wildman–Crippen MR) is 62.1 cm³/mol. The summed E-state index contributed by atoms with van der Waals surface area (Å²) in [7, 11) is 0. The van der Waals surface area contributed by atoms with Gasteiger partial charge in [0.1, 0.15) is 17.6 Å². The molecule has 5 nitrogen and oxygen atoms in total. The van der Waals surface area contributed by atoms with Gasteiger partial charge in [0.2, 0.25) is 0 Å². The van der Waals surface area contributed by atoms with E-state index in [1.54, 1.807) is 20.8 Å². The lowest BCUT2D eigenvalue weighted by Gasteiger charge is -2.26. The van der Waals surface area contributed by atoms with Crippen molar-refractivity contribution in [1.29, 1.82) is 0 Å². The van der Waals surface area contributed by atoms with E-state index in [0.717, 1.165) is 0 Å². The van der Waals surface area contributed by atoms with E-state index in [2.05, 4.69) is 0 Å². The first kappa shape index (κ1) is 14.0. The lowest BCUT2D eigenvalue weighted by Crippen LogP contribution is -2.41. The molecule has 0 aromatic heterocycles. The van der Waals surface area contributed by atoms with Gasteiger partial charge in [-0.3, -0.25) is 9.59 Å². The van der Waals surface area contributed by atoms with Crippen molar-refractivity contribution in [2.75, 3.05) is 0 Å². The third kappa shape index (κ3) is 4.00. The number of esters is 2. The summed E-state index contributed by atoms with van der Waals surface area (Å²) in [5.41, 5.74) is 5.32. The zero-order valence-corrected chi connectivity index (χ0v) is 10.9. The Morgan fingerprint density at radius 3 is 2.29 bits per heavy atom. The number of nitrogens with two attached hydrogens (primary N) is 1. The molecule has 0 amide bonds. The Morgan fingerprint density at radius 1 is 1.24 bits per heavy atom. The molecule has 0 aromatic rings. The number of rotatable bonds is 2. The number of hydrogen-bond acceptors (Lipinski definition) is 5. The molecule has 0 spiro atoms. The van der Waals surface area contributed by atoms with Gasteiger partial charge in [-0.2, -0.15) is 0 Å². The van der Waals surface area contributed by atoms with Crippen molar-refractivity contribution in [3.8, 4) is 0 Å². The van der Waals surface area contributed by atoms with Crippen LogP contribution in [0.25, 0.3) is 0 Å². The molecule has 2 N–H and O–H groups in total. The summed E-state index contributed by atoms with van der Waals surface area (Å²) < 4.78 is 10.4. The molecule has 98 valence electrons. The monoisotopic (exact) mass is 243 g/mol. The summed E-state index contributed by atoms with van der Waals surface area (Å²) in [5, 5.41) is 0. The molecular formula is C12H21NO4. The highest BCUT2D eigenvalue weighted by Gasteiger charge is 2.43. The molecule has 0 saturated heterocycles. The number of carbonyl (C=O) groups excluding carboxylic acids is 2. The fraction of sp³-hybridized carbons (Fsp3) is 0.833. The van der Waals surface area contributed by atoms with Gasteiger partial charge in [0.25, 0.3) is 0 Å². The Kier molecular flexibility index (Phi) is 4.14. The molecule has 0 heterocycles. The highest BCUT2D eigenvalue weighted by Crippen LogP contribution is 2.30. The Bertz CT molecular complexity index is 308. The summed E-state index contributed by atoms with van der Waals surface area (Å²) in [4.78, 5) is 22.9. The van der Waals surface area contributed by atoms with Crippen LogP contribution in [0.5, 0.6) is 0 Å². The van der Waals surface area contributed by atoms with E-state index in [4.69, 9.17) is 15.2 Å². The van der Waals surface area contributed by atoms with Crippen LogP contribution in [0.15, 0.2) is 0 Å². The number of carbonyl (C=O) groups is 2. The lowest BCUT2D eigenvalue weighted by molar-refractivity contribution is -0.167. The molecule has 1 fully saturated rings. The van der Waals surface area contributed by atoms with E-state index in [0.29, 0.717) is 12.8 Å².